The second-order valence-corrected chi connectivity index (χ2v) is 5.15. The Bertz CT molecular complexity index is 309. The lowest BCUT2D eigenvalue weighted by Crippen LogP contribution is -2.19. The number of ether oxygens (including phenoxy) is 1. The highest BCUT2D eigenvalue weighted by Crippen LogP contribution is 2.03. The molecule has 0 saturated carbocycles. The van der Waals surface area contributed by atoms with E-state index in [1.165, 1.54) is 0 Å². The highest BCUT2D eigenvalue weighted by Gasteiger charge is 2.04. The van der Waals surface area contributed by atoms with Gasteiger partial charge in [0.05, 0.1) is 18.6 Å². The Morgan fingerprint density at radius 2 is 2.18 bits per heavy atom. The number of nitrogens with zero attached hydrogens (tertiary/aromatic N) is 2. The van der Waals surface area contributed by atoms with Crippen LogP contribution in [0.5, 0.6) is 0 Å². The van der Waals surface area contributed by atoms with Crippen molar-refractivity contribution < 1.29 is 4.74 Å². The molecule has 0 aliphatic heterocycles. The quantitative estimate of drug-likeness (QED) is 0.753. The van der Waals surface area contributed by atoms with E-state index in [0.29, 0.717) is 11.8 Å². The van der Waals surface area contributed by atoms with Crippen LogP contribution in [0.1, 0.15) is 26.5 Å². The maximum Gasteiger partial charge on any atom is 0.0950 e. The summed E-state index contributed by atoms with van der Waals surface area (Å²) in [4.78, 5) is 4.39. The summed E-state index contributed by atoms with van der Waals surface area (Å²) < 4.78 is 7.26. The van der Waals surface area contributed by atoms with E-state index in [1.807, 2.05) is 6.33 Å². The molecule has 1 aromatic heterocycles. The highest BCUT2D eigenvalue weighted by atomic mass is 16.5. The molecular formula is C13H25N3O. The number of nitrogens with one attached hydrogen (secondary N) is 1. The molecule has 1 atom stereocenters. The van der Waals surface area contributed by atoms with Gasteiger partial charge < -0.3 is 14.6 Å². The van der Waals surface area contributed by atoms with E-state index in [1.54, 1.807) is 7.11 Å². The Hall–Kier alpha value is -0.870. The molecule has 17 heavy (non-hydrogen) atoms. The van der Waals surface area contributed by atoms with Gasteiger partial charge in [-0.2, -0.15) is 0 Å². The number of imidazole rings is 1. The molecule has 1 rings (SSSR count). The fourth-order valence-corrected chi connectivity index (χ4v) is 1.78. The number of hydrogen-bond acceptors (Lipinski definition) is 3. The monoisotopic (exact) mass is 239 g/mol. The van der Waals surface area contributed by atoms with Gasteiger partial charge in [-0.05, 0) is 18.4 Å². The second kappa shape index (κ2) is 7.45. The molecule has 98 valence electrons. The number of rotatable bonds is 8. The van der Waals surface area contributed by atoms with Gasteiger partial charge in [-0.1, -0.05) is 20.8 Å². The van der Waals surface area contributed by atoms with Gasteiger partial charge in [0.15, 0.2) is 0 Å². The molecule has 4 heteroatoms. The Kier molecular flexibility index (Phi) is 6.22. The van der Waals surface area contributed by atoms with E-state index in [-0.39, 0.29) is 0 Å². The van der Waals surface area contributed by atoms with E-state index in [9.17, 15) is 0 Å². The molecule has 0 fully saturated rings. The second-order valence-electron chi connectivity index (χ2n) is 5.15. The lowest BCUT2D eigenvalue weighted by molar-refractivity contribution is 0.151. The van der Waals surface area contributed by atoms with Crippen molar-refractivity contribution in [1.29, 1.82) is 0 Å². The largest absolute Gasteiger partial charge is 0.384 e. The summed E-state index contributed by atoms with van der Waals surface area (Å²) in [5.74, 6) is 1.20. The number of methoxy groups -OCH3 is 1. The standard InChI is InChI=1S/C13H25N3O/c1-11(2)5-14-6-13-8-16(10-15-13)7-12(3)9-17-4/h8,10-12,14H,5-7,9H2,1-4H3. The smallest absolute Gasteiger partial charge is 0.0950 e. The maximum atomic E-state index is 5.13. The van der Waals surface area contributed by atoms with Crippen LogP contribution in [0.15, 0.2) is 12.5 Å². The van der Waals surface area contributed by atoms with Gasteiger partial charge in [0.25, 0.3) is 0 Å². The van der Waals surface area contributed by atoms with Crippen LogP contribution < -0.4 is 5.32 Å². The molecule has 0 aliphatic carbocycles. The summed E-state index contributed by atoms with van der Waals surface area (Å²) in [5.41, 5.74) is 1.11. The van der Waals surface area contributed by atoms with Crippen LogP contribution in [0.25, 0.3) is 0 Å². The van der Waals surface area contributed by atoms with Crippen LogP contribution in [-0.4, -0.2) is 29.8 Å². The van der Waals surface area contributed by atoms with Crippen LogP contribution in [0.4, 0.5) is 0 Å². The number of hydrogen-bond donors (Lipinski definition) is 1. The van der Waals surface area contributed by atoms with Crippen molar-refractivity contribution in [2.24, 2.45) is 11.8 Å². The Morgan fingerprint density at radius 1 is 1.41 bits per heavy atom. The molecule has 4 nitrogen and oxygen atoms in total. The van der Waals surface area contributed by atoms with E-state index >= 15 is 0 Å². The maximum absolute atomic E-state index is 5.13. The topological polar surface area (TPSA) is 39.1 Å². The molecule has 1 aromatic rings. The lowest BCUT2D eigenvalue weighted by atomic mass is 10.2. The zero-order valence-corrected chi connectivity index (χ0v) is 11.4. The van der Waals surface area contributed by atoms with Gasteiger partial charge in [-0.3, -0.25) is 0 Å². The average molecular weight is 239 g/mol. The molecule has 1 N–H and O–H groups in total. The van der Waals surface area contributed by atoms with Gasteiger partial charge >= 0.3 is 0 Å². The first kappa shape index (κ1) is 14.2. The predicted molar refractivity (Wildman–Crippen MR) is 69.8 cm³/mol. The van der Waals surface area contributed by atoms with E-state index in [0.717, 1.165) is 31.9 Å². The first-order valence-electron chi connectivity index (χ1n) is 6.32. The Morgan fingerprint density at radius 3 is 2.82 bits per heavy atom. The third-order valence-electron chi connectivity index (χ3n) is 2.52. The molecule has 0 bridgehead atoms. The van der Waals surface area contributed by atoms with Gasteiger partial charge in [-0.15, -0.1) is 0 Å². The van der Waals surface area contributed by atoms with Gasteiger partial charge in [0.2, 0.25) is 0 Å². The third kappa shape index (κ3) is 5.84. The Balaban J connectivity index is 2.32. The normalized spacial score (nSPS) is 13.2. The minimum Gasteiger partial charge on any atom is -0.384 e. The van der Waals surface area contributed by atoms with E-state index in [4.69, 9.17) is 4.74 Å². The van der Waals surface area contributed by atoms with Gasteiger partial charge in [0.1, 0.15) is 0 Å². The van der Waals surface area contributed by atoms with E-state index in [2.05, 4.69) is 41.8 Å². The fourth-order valence-electron chi connectivity index (χ4n) is 1.78. The summed E-state index contributed by atoms with van der Waals surface area (Å²) in [6.45, 7) is 10.2. The molecule has 0 saturated heterocycles. The summed E-state index contributed by atoms with van der Waals surface area (Å²) in [6.07, 6.45) is 4.01. The molecule has 0 spiro atoms. The van der Waals surface area contributed by atoms with Crippen LogP contribution in [0, 0.1) is 11.8 Å². The zero-order chi connectivity index (χ0) is 12.7. The predicted octanol–water partition coefficient (Wildman–Crippen LogP) is 1.91. The van der Waals surface area contributed by atoms with Crippen molar-refractivity contribution in [3.05, 3.63) is 18.2 Å². The van der Waals surface area contributed by atoms with Gasteiger partial charge in [-0.25, -0.2) is 4.98 Å². The van der Waals surface area contributed by atoms with Crippen LogP contribution in [0.3, 0.4) is 0 Å². The van der Waals surface area contributed by atoms with Crippen molar-refractivity contribution in [2.75, 3.05) is 20.3 Å². The number of aromatic nitrogens is 2. The summed E-state index contributed by atoms with van der Waals surface area (Å²) in [6, 6.07) is 0. The first-order chi connectivity index (χ1) is 8.11. The molecular weight excluding hydrogens is 214 g/mol. The minimum atomic E-state index is 0.519. The Labute approximate surface area is 104 Å². The zero-order valence-electron chi connectivity index (χ0n) is 11.4. The van der Waals surface area contributed by atoms with Crippen molar-refractivity contribution in [3.8, 4) is 0 Å². The minimum absolute atomic E-state index is 0.519. The van der Waals surface area contributed by atoms with E-state index < -0.39 is 0 Å². The first-order valence-corrected chi connectivity index (χ1v) is 6.32. The van der Waals surface area contributed by atoms with Crippen molar-refractivity contribution >= 4 is 0 Å². The molecule has 0 amide bonds. The van der Waals surface area contributed by atoms with Crippen LogP contribution in [0.2, 0.25) is 0 Å². The third-order valence-corrected chi connectivity index (χ3v) is 2.52. The molecule has 0 aliphatic rings. The average Bonchev–Trinajstić information content (AvgIpc) is 2.65. The van der Waals surface area contributed by atoms with Crippen LogP contribution >= 0.6 is 0 Å². The SMILES string of the molecule is COCC(C)Cn1cnc(CNCC(C)C)c1. The summed E-state index contributed by atoms with van der Waals surface area (Å²) >= 11 is 0. The highest BCUT2D eigenvalue weighted by molar-refractivity contribution is 4.96. The fraction of sp³-hybridized carbons (Fsp3) is 0.769. The van der Waals surface area contributed by atoms with Crippen LogP contribution in [-0.2, 0) is 17.8 Å². The lowest BCUT2D eigenvalue weighted by Gasteiger charge is -2.10. The molecule has 0 radical (unpaired) electrons. The summed E-state index contributed by atoms with van der Waals surface area (Å²) in [7, 11) is 1.74. The molecule has 1 heterocycles. The van der Waals surface area contributed by atoms with Crippen molar-refractivity contribution in [3.63, 3.8) is 0 Å². The molecule has 0 aromatic carbocycles. The van der Waals surface area contributed by atoms with Crippen molar-refractivity contribution in [1.82, 2.24) is 14.9 Å². The van der Waals surface area contributed by atoms with Gasteiger partial charge in [0, 0.05) is 26.4 Å². The summed E-state index contributed by atoms with van der Waals surface area (Å²) in [5, 5.41) is 3.39. The van der Waals surface area contributed by atoms with Crippen molar-refractivity contribution in [2.45, 2.75) is 33.9 Å². The molecule has 1 unspecified atom stereocenters.